The van der Waals surface area contributed by atoms with Crippen LogP contribution in [-0.4, -0.2) is 22.3 Å². The minimum atomic E-state index is -1.36. The summed E-state index contributed by atoms with van der Waals surface area (Å²) in [5.74, 6) is -1.19. The van der Waals surface area contributed by atoms with Crippen LogP contribution in [0.4, 0.5) is 0 Å². The van der Waals surface area contributed by atoms with Crippen molar-refractivity contribution in [3.8, 4) is 0 Å². The van der Waals surface area contributed by atoms with Crippen LogP contribution < -0.4 is 0 Å². The van der Waals surface area contributed by atoms with Gasteiger partial charge in [-0.15, -0.1) is 0 Å². The highest BCUT2D eigenvalue weighted by molar-refractivity contribution is 5.76. The fourth-order valence-electron chi connectivity index (χ4n) is 0.979. The summed E-state index contributed by atoms with van der Waals surface area (Å²) in [7, 11) is 0. The normalized spacial score (nSPS) is 19.2. The Morgan fingerprint density at radius 2 is 2.27 bits per heavy atom. The van der Waals surface area contributed by atoms with Crippen LogP contribution in [0.5, 0.6) is 0 Å². The van der Waals surface area contributed by atoms with Crippen LogP contribution in [0.15, 0.2) is 23.8 Å². The third-order valence-electron chi connectivity index (χ3n) is 1.57. The summed E-state index contributed by atoms with van der Waals surface area (Å²) in [6.45, 7) is 0. The molecule has 1 aliphatic rings. The summed E-state index contributed by atoms with van der Waals surface area (Å²) >= 11 is 0. The Morgan fingerprint density at radius 1 is 1.55 bits per heavy atom. The number of hydrogen-bond acceptors (Lipinski definition) is 2. The van der Waals surface area contributed by atoms with E-state index in [9.17, 15) is 4.79 Å². The minimum absolute atomic E-state index is 0.490. The second-order valence-corrected chi connectivity index (χ2v) is 2.42. The molecule has 1 rings (SSSR count). The van der Waals surface area contributed by atoms with E-state index in [0.29, 0.717) is 5.57 Å². The van der Waals surface area contributed by atoms with Crippen LogP contribution in [0.1, 0.15) is 12.8 Å². The van der Waals surface area contributed by atoms with Gasteiger partial charge in [0.05, 0.1) is 0 Å². The van der Waals surface area contributed by atoms with Crippen molar-refractivity contribution in [3.05, 3.63) is 23.8 Å². The molecule has 0 bridgehead atoms. The maximum Gasteiger partial charge on any atom is 0.337 e. The molecule has 0 radical (unpaired) electrons. The van der Waals surface area contributed by atoms with E-state index in [0.717, 1.165) is 12.8 Å². The van der Waals surface area contributed by atoms with Gasteiger partial charge >= 0.3 is 5.97 Å². The lowest BCUT2D eigenvalue weighted by Crippen LogP contribution is -2.21. The Kier molecular flexibility index (Phi) is 2.44. The maximum absolute atomic E-state index is 10.3. The third-order valence-corrected chi connectivity index (χ3v) is 1.57. The standard InChI is InChI=1S/C8H10O3/c9-7(8(10)11)6-4-2-1-3-5-6/h2,4-5,7,9H,1,3H2,(H,10,11)/t7-/m1/s1. The molecule has 2 N–H and O–H groups in total. The molecule has 0 aliphatic heterocycles. The Hall–Kier alpha value is -1.09. The van der Waals surface area contributed by atoms with Gasteiger partial charge in [0.25, 0.3) is 0 Å². The average molecular weight is 154 g/mol. The molecule has 3 nitrogen and oxygen atoms in total. The van der Waals surface area contributed by atoms with Crippen molar-refractivity contribution in [1.29, 1.82) is 0 Å². The number of hydrogen-bond donors (Lipinski definition) is 2. The van der Waals surface area contributed by atoms with E-state index < -0.39 is 12.1 Å². The maximum atomic E-state index is 10.3. The van der Waals surface area contributed by atoms with E-state index in [-0.39, 0.29) is 0 Å². The fourth-order valence-corrected chi connectivity index (χ4v) is 0.979. The lowest BCUT2D eigenvalue weighted by atomic mass is 10.0. The quantitative estimate of drug-likeness (QED) is 0.615. The van der Waals surface area contributed by atoms with Gasteiger partial charge in [-0.3, -0.25) is 0 Å². The number of aliphatic hydroxyl groups is 1. The number of carbonyl (C=O) groups is 1. The first kappa shape index (κ1) is 8.01. The molecule has 0 amide bonds. The summed E-state index contributed by atoms with van der Waals surface area (Å²) in [4.78, 5) is 10.3. The smallest absolute Gasteiger partial charge is 0.337 e. The number of aliphatic hydroxyl groups excluding tert-OH is 1. The highest BCUT2D eigenvalue weighted by Crippen LogP contribution is 2.13. The molecule has 0 heterocycles. The fraction of sp³-hybridized carbons (Fsp3) is 0.375. The van der Waals surface area contributed by atoms with Gasteiger partial charge in [-0.05, 0) is 18.4 Å². The topological polar surface area (TPSA) is 57.5 Å². The van der Waals surface area contributed by atoms with Gasteiger partial charge in [0, 0.05) is 0 Å². The number of carboxylic acids is 1. The van der Waals surface area contributed by atoms with Crippen LogP contribution in [0, 0.1) is 0 Å². The second-order valence-electron chi connectivity index (χ2n) is 2.42. The molecule has 0 fully saturated rings. The van der Waals surface area contributed by atoms with E-state index in [1.54, 1.807) is 12.2 Å². The summed E-state index contributed by atoms with van der Waals surface area (Å²) in [6.07, 6.45) is 5.65. The van der Waals surface area contributed by atoms with Gasteiger partial charge in [-0.25, -0.2) is 4.79 Å². The lowest BCUT2D eigenvalue weighted by Gasteiger charge is -2.09. The molecule has 0 saturated carbocycles. The van der Waals surface area contributed by atoms with Crippen LogP contribution in [0.3, 0.4) is 0 Å². The number of aliphatic carboxylic acids is 1. The van der Waals surface area contributed by atoms with E-state index >= 15 is 0 Å². The Labute approximate surface area is 64.7 Å². The van der Waals surface area contributed by atoms with Crippen molar-refractivity contribution in [2.45, 2.75) is 18.9 Å². The summed E-state index contributed by atoms with van der Waals surface area (Å²) in [5, 5.41) is 17.4. The monoisotopic (exact) mass is 154 g/mol. The zero-order valence-corrected chi connectivity index (χ0v) is 6.03. The van der Waals surface area contributed by atoms with E-state index in [2.05, 4.69) is 0 Å². The van der Waals surface area contributed by atoms with E-state index in [1.807, 2.05) is 6.08 Å². The number of rotatable bonds is 2. The first-order valence-electron chi connectivity index (χ1n) is 3.49. The van der Waals surface area contributed by atoms with Crippen LogP contribution in [0.25, 0.3) is 0 Å². The van der Waals surface area contributed by atoms with Crippen LogP contribution in [0.2, 0.25) is 0 Å². The molecule has 0 aromatic carbocycles. The second kappa shape index (κ2) is 3.34. The van der Waals surface area contributed by atoms with Crippen molar-refractivity contribution in [2.24, 2.45) is 0 Å². The highest BCUT2D eigenvalue weighted by atomic mass is 16.4. The molecule has 11 heavy (non-hydrogen) atoms. The molecule has 60 valence electrons. The van der Waals surface area contributed by atoms with Crippen LogP contribution in [-0.2, 0) is 4.79 Å². The predicted octanol–water partition coefficient (Wildman–Crippen LogP) is 0.708. The Bertz CT molecular complexity index is 215. The Balaban J connectivity index is 2.66. The predicted molar refractivity (Wildman–Crippen MR) is 40.1 cm³/mol. The average Bonchev–Trinajstić information content (AvgIpc) is 2.05. The van der Waals surface area contributed by atoms with Gasteiger partial charge in [-0.1, -0.05) is 18.2 Å². The van der Waals surface area contributed by atoms with Gasteiger partial charge < -0.3 is 10.2 Å². The molecule has 0 saturated heterocycles. The minimum Gasteiger partial charge on any atom is -0.479 e. The molecule has 3 heteroatoms. The van der Waals surface area contributed by atoms with E-state index in [4.69, 9.17) is 10.2 Å². The molecule has 0 aromatic heterocycles. The van der Waals surface area contributed by atoms with Gasteiger partial charge in [0.2, 0.25) is 0 Å². The highest BCUT2D eigenvalue weighted by Gasteiger charge is 2.16. The zero-order chi connectivity index (χ0) is 8.27. The third kappa shape index (κ3) is 1.91. The summed E-state index contributed by atoms with van der Waals surface area (Å²) in [5.41, 5.74) is 0.490. The molecule has 1 atom stereocenters. The van der Waals surface area contributed by atoms with Crippen molar-refractivity contribution >= 4 is 5.97 Å². The van der Waals surface area contributed by atoms with Crippen LogP contribution >= 0.6 is 0 Å². The molecular formula is C8H10O3. The number of carboxylic acid groups (broad SMARTS) is 1. The van der Waals surface area contributed by atoms with Gasteiger partial charge in [0.1, 0.15) is 0 Å². The summed E-state index contributed by atoms with van der Waals surface area (Å²) in [6, 6.07) is 0. The molecular weight excluding hydrogens is 144 g/mol. The summed E-state index contributed by atoms with van der Waals surface area (Å²) < 4.78 is 0. The molecule has 0 aromatic rings. The largest absolute Gasteiger partial charge is 0.479 e. The van der Waals surface area contributed by atoms with Crippen molar-refractivity contribution in [2.75, 3.05) is 0 Å². The van der Waals surface area contributed by atoms with Crippen molar-refractivity contribution in [1.82, 2.24) is 0 Å². The van der Waals surface area contributed by atoms with Gasteiger partial charge in [-0.2, -0.15) is 0 Å². The lowest BCUT2D eigenvalue weighted by molar-refractivity contribution is -0.144. The molecule has 1 aliphatic carbocycles. The SMILES string of the molecule is O=C(O)[C@H](O)C1=CCCC=C1. The number of allylic oxidation sites excluding steroid dienone is 2. The zero-order valence-electron chi connectivity index (χ0n) is 6.03. The van der Waals surface area contributed by atoms with Crippen molar-refractivity contribution < 1.29 is 15.0 Å². The first-order valence-corrected chi connectivity index (χ1v) is 3.49. The molecule has 0 unspecified atom stereocenters. The Morgan fingerprint density at radius 3 is 2.73 bits per heavy atom. The van der Waals surface area contributed by atoms with Gasteiger partial charge in [0.15, 0.2) is 6.10 Å². The van der Waals surface area contributed by atoms with Crippen molar-refractivity contribution in [3.63, 3.8) is 0 Å². The molecule has 0 spiro atoms. The first-order chi connectivity index (χ1) is 5.22. The van der Waals surface area contributed by atoms with E-state index in [1.165, 1.54) is 0 Å².